The van der Waals surface area contributed by atoms with Gasteiger partial charge in [-0.15, -0.1) is 0 Å². The van der Waals surface area contributed by atoms with Crippen LogP contribution in [0, 0.1) is 13.8 Å². The Labute approximate surface area is 192 Å². The van der Waals surface area contributed by atoms with Crippen LogP contribution in [0.4, 0.5) is 5.13 Å². The van der Waals surface area contributed by atoms with Gasteiger partial charge in [0.15, 0.2) is 16.6 Å². The average Bonchev–Trinajstić information content (AvgIpc) is 3.45. The first-order valence-electron chi connectivity index (χ1n) is 10.9. The summed E-state index contributed by atoms with van der Waals surface area (Å²) in [5, 5.41) is 4.78. The zero-order valence-corrected chi connectivity index (χ0v) is 19.8. The summed E-state index contributed by atoms with van der Waals surface area (Å²) in [5.41, 5.74) is 4.43. The lowest BCUT2D eigenvalue weighted by molar-refractivity contribution is 0.0975. The van der Waals surface area contributed by atoms with Gasteiger partial charge in [-0.1, -0.05) is 66.7 Å². The van der Waals surface area contributed by atoms with E-state index in [4.69, 9.17) is 9.51 Å². The van der Waals surface area contributed by atoms with Gasteiger partial charge in [0.05, 0.1) is 10.2 Å². The molecule has 1 amide bonds. The second kappa shape index (κ2) is 9.63. The zero-order chi connectivity index (χ0) is 22.7. The molecule has 0 unspecified atom stereocenters. The molecule has 0 fully saturated rings. The molecular formula is C25H28N4O2S. The van der Waals surface area contributed by atoms with Gasteiger partial charge in [-0.2, -0.15) is 0 Å². The van der Waals surface area contributed by atoms with E-state index >= 15 is 0 Å². The second-order valence-electron chi connectivity index (χ2n) is 7.85. The van der Waals surface area contributed by atoms with Crippen molar-refractivity contribution < 1.29 is 9.32 Å². The molecule has 0 radical (unpaired) electrons. The van der Waals surface area contributed by atoms with Crippen molar-refractivity contribution >= 4 is 32.6 Å². The quantitative estimate of drug-likeness (QED) is 0.353. The SMILES string of the molecule is CCN(CC)CCN(C(=O)c1cc(-c2ccccc2)on1)c1nc2c(C)cc(C)cc2s1. The number of aromatic nitrogens is 2. The number of anilines is 1. The van der Waals surface area contributed by atoms with Gasteiger partial charge < -0.3 is 9.42 Å². The van der Waals surface area contributed by atoms with Crippen LogP contribution in [0.5, 0.6) is 0 Å². The Kier molecular flexibility index (Phi) is 6.67. The van der Waals surface area contributed by atoms with Gasteiger partial charge in [0.1, 0.15) is 0 Å². The highest BCUT2D eigenvalue weighted by atomic mass is 32.1. The summed E-state index contributed by atoms with van der Waals surface area (Å²) in [7, 11) is 0. The van der Waals surface area contributed by atoms with Gasteiger partial charge >= 0.3 is 0 Å². The Morgan fingerprint density at radius 2 is 1.78 bits per heavy atom. The van der Waals surface area contributed by atoms with Crippen molar-refractivity contribution in [3.8, 4) is 11.3 Å². The molecule has 0 spiro atoms. The highest BCUT2D eigenvalue weighted by Gasteiger charge is 2.25. The Bertz CT molecular complexity index is 1210. The number of nitrogens with zero attached hydrogens (tertiary/aromatic N) is 4. The van der Waals surface area contributed by atoms with E-state index in [1.165, 1.54) is 5.56 Å². The maximum atomic E-state index is 13.6. The molecule has 0 N–H and O–H groups in total. The lowest BCUT2D eigenvalue weighted by Crippen LogP contribution is -2.39. The van der Waals surface area contributed by atoms with Gasteiger partial charge in [-0.3, -0.25) is 9.69 Å². The number of thiazole rings is 1. The molecule has 0 atom stereocenters. The van der Waals surface area contributed by atoms with E-state index in [2.05, 4.69) is 49.9 Å². The fourth-order valence-electron chi connectivity index (χ4n) is 3.79. The molecule has 4 rings (SSSR count). The van der Waals surface area contributed by atoms with Crippen LogP contribution in [-0.4, -0.2) is 47.1 Å². The third-order valence-electron chi connectivity index (χ3n) is 5.62. The first-order valence-corrected chi connectivity index (χ1v) is 11.8. The molecule has 0 aliphatic rings. The normalized spacial score (nSPS) is 11.4. The molecule has 32 heavy (non-hydrogen) atoms. The lowest BCUT2D eigenvalue weighted by Gasteiger charge is -2.24. The van der Waals surface area contributed by atoms with Crippen molar-refractivity contribution in [3.63, 3.8) is 0 Å². The number of aryl methyl sites for hydroxylation is 2. The molecule has 2 heterocycles. The molecule has 0 aliphatic carbocycles. The monoisotopic (exact) mass is 448 g/mol. The minimum absolute atomic E-state index is 0.198. The first kappa shape index (κ1) is 22.2. The van der Waals surface area contributed by atoms with Gasteiger partial charge in [-0.05, 0) is 44.1 Å². The summed E-state index contributed by atoms with van der Waals surface area (Å²) in [5.74, 6) is 0.380. The van der Waals surface area contributed by atoms with Gasteiger partial charge in [0.2, 0.25) is 0 Å². The zero-order valence-electron chi connectivity index (χ0n) is 19.0. The summed E-state index contributed by atoms with van der Waals surface area (Å²) in [6.45, 7) is 11.5. The van der Waals surface area contributed by atoms with E-state index in [1.54, 1.807) is 22.3 Å². The standard InChI is InChI=1S/C25H28N4O2S/c1-5-28(6-2)12-13-29(25-26-23-18(4)14-17(3)15-22(23)32-25)24(30)20-16-21(31-27-20)19-10-8-7-9-11-19/h7-11,14-16H,5-6,12-13H2,1-4H3. The fourth-order valence-corrected chi connectivity index (χ4v) is 4.96. The average molecular weight is 449 g/mol. The number of carbonyl (C=O) groups excluding carboxylic acids is 1. The molecule has 0 bridgehead atoms. The molecule has 2 aromatic heterocycles. The third-order valence-corrected chi connectivity index (χ3v) is 6.64. The first-order chi connectivity index (χ1) is 15.5. The van der Waals surface area contributed by atoms with Crippen molar-refractivity contribution in [2.24, 2.45) is 0 Å². The largest absolute Gasteiger partial charge is 0.355 e. The highest BCUT2D eigenvalue weighted by molar-refractivity contribution is 7.22. The number of fused-ring (bicyclic) bond motifs is 1. The molecule has 166 valence electrons. The van der Waals surface area contributed by atoms with Gasteiger partial charge in [0, 0.05) is 24.7 Å². The van der Waals surface area contributed by atoms with E-state index in [0.717, 1.165) is 41.0 Å². The van der Waals surface area contributed by atoms with Crippen LogP contribution in [0.25, 0.3) is 21.5 Å². The molecule has 7 heteroatoms. The number of hydrogen-bond acceptors (Lipinski definition) is 6. The minimum atomic E-state index is -0.198. The van der Waals surface area contributed by atoms with Crippen LogP contribution in [0.15, 0.2) is 53.1 Å². The van der Waals surface area contributed by atoms with Crippen molar-refractivity contribution in [1.82, 2.24) is 15.0 Å². The Hall–Kier alpha value is -3.03. The predicted octanol–water partition coefficient (Wildman–Crippen LogP) is 5.56. The van der Waals surface area contributed by atoms with Crippen molar-refractivity contribution in [1.29, 1.82) is 0 Å². The Morgan fingerprint density at radius 3 is 2.50 bits per heavy atom. The van der Waals surface area contributed by atoms with Crippen molar-refractivity contribution in [2.75, 3.05) is 31.1 Å². The molecule has 0 saturated carbocycles. The van der Waals surface area contributed by atoms with Crippen molar-refractivity contribution in [3.05, 3.63) is 65.4 Å². The van der Waals surface area contributed by atoms with Crippen LogP contribution in [-0.2, 0) is 0 Å². The molecule has 4 aromatic rings. The summed E-state index contributed by atoms with van der Waals surface area (Å²) in [4.78, 5) is 22.4. The predicted molar refractivity (Wildman–Crippen MR) is 130 cm³/mol. The number of hydrogen-bond donors (Lipinski definition) is 0. The van der Waals surface area contributed by atoms with Gasteiger partial charge in [-0.25, -0.2) is 4.98 Å². The maximum absolute atomic E-state index is 13.6. The summed E-state index contributed by atoms with van der Waals surface area (Å²) in [6.07, 6.45) is 0. The maximum Gasteiger partial charge on any atom is 0.282 e. The van der Waals surface area contributed by atoms with E-state index in [-0.39, 0.29) is 11.6 Å². The molecule has 0 saturated heterocycles. The van der Waals surface area contributed by atoms with E-state index in [0.29, 0.717) is 17.4 Å². The number of carbonyl (C=O) groups is 1. The van der Waals surface area contributed by atoms with E-state index in [1.807, 2.05) is 30.3 Å². The summed E-state index contributed by atoms with van der Waals surface area (Å²) >= 11 is 1.54. The smallest absolute Gasteiger partial charge is 0.282 e. The number of likely N-dealkylation sites (N-methyl/N-ethyl adjacent to an activating group) is 1. The van der Waals surface area contributed by atoms with E-state index < -0.39 is 0 Å². The van der Waals surface area contributed by atoms with Crippen LogP contribution in [0.1, 0.15) is 35.5 Å². The van der Waals surface area contributed by atoms with Crippen LogP contribution < -0.4 is 4.90 Å². The Balaban J connectivity index is 1.69. The number of rotatable bonds is 8. The third kappa shape index (κ3) is 4.59. The highest BCUT2D eigenvalue weighted by Crippen LogP contribution is 2.32. The number of benzene rings is 2. The lowest BCUT2D eigenvalue weighted by atomic mass is 10.1. The summed E-state index contributed by atoms with van der Waals surface area (Å²) < 4.78 is 6.58. The topological polar surface area (TPSA) is 62.5 Å². The minimum Gasteiger partial charge on any atom is -0.355 e. The fraction of sp³-hybridized carbons (Fsp3) is 0.320. The van der Waals surface area contributed by atoms with Crippen LogP contribution >= 0.6 is 11.3 Å². The number of amides is 1. The molecular weight excluding hydrogens is 420 g/mol. The van der Waals surface area contributed by atoms with Crippen LogP contribution in [0.3, 0.4) is 0 Å². The van der Waals surface area contributed by atoms with Gasteiger partial charge in [0.25, 0.3) is 5.91 Å². The van der Waals surface area contributed by atoms with Crippen molar-refractivity contribution in [2.45, 2.75) is 27.7 Å². The van der Waals surface area contributed by atoms with Crippen LogP contribution in [0.2, 0.25) is 0 Å². The molecule has 0 aliphatic heterocycles. The second-order valence-corrected chi connectivity index (χ2v) is 8.86. The summed E-state index contributed by atoms with van der Waals surface area (Å²) in [6, 6.07) is 15.6. The van der Waals surface area contributed by atoms with E-state index in [9.17, 15) is 4.79 Å². The molecule has 2 aromatic carbocycles. The Morgan fingerprint density at radius 1 is 1.03 bits per heavy atom. The molecule has 6 nitrogen and oxygen atoms in total.